The second-order valence-electron chi connectivity index (χ2n) is 1.50. The summed E-state index contributed by atoms with van der Waals surface area (Å²) in [5.41, 5.74) is 1.75. The summed E-state index contributed by atoms with van der Waals surface area (Å²) in [6, 6.07) is 9.43. The molecule has 0 atom stereocenters. The molecule has 1 rings (SSSR count). The van der Waals surface area contributed by atoms with Gasteiger partial charge in [0.1, 0.15) is 0 Å². The first-order valence-electron chi connectivity index (χ1n) is 2.52. The molecule has 0 unspecified atom stereocenters. The number of benzene rings is 1. The van der Waals surface area contributed by atoms with Gasteiger partial charge in [-0.15, -0.1) is 0 Å². The van der Waals surface area contributed by atoms with Crippen LogP contribution in [0.3, 0.4) is 0 Å². The predicted molar refractivity (Wildman–Crippen MR) is 36.9 cm³/mol. The fraction of sp³-hybridized carbons (Fsp3) is 0. The molecule has 44 valence electrons. The molecule has 9 heavy (non-hydrogen) atoms. The van der Waals surface area contributed by atoms with E-state index in [2.05, 4.69) is 0 Å². The van der Waals surface area contributed by atoms with E-state index in [1.165, 1.54) is 0 Å². The van der Waals surface area contributed by atoms with E-state index in [0.717, 1.165) is 16.7 Å². The Balaban J connectivity index is 2.76. The first-order chi connectivity index (χ1) is 4.43. The zero-order valence-electron chi connectivity index (χ0n) is 4.70. The zero-order valence-corrected chi connectivity index (χ0v) is 5.52. The molecule has 0 saturated heterocycles. The molecule has 0 bridgehead atoms. The fourth-order valence-electron chi connectivity index (χ4n) is 0.537. The van der Waals surface area contributed by atoms with Crippen LogP contribution in [0.25, 0.3) is 0 Å². The monoisotopic (exact) mass is 137 g/mol. The van der Waals surface area contributed by atoms with Gasteiger partial charge in [0.25, 0.3) is 0 Å². The molecular formula is C7H5OS+. The van der Waals surface area contributed by atoms with Gasteiger partial charge in [0, 0.05) is 0 Å². The van der Waals surface area contributed by atoms with E-state index >= 15 is 0 Å². The average molecular weight is 137 g/mol. The molecule has 2 heteroatoms. The third-order valence-electron chi connectivity index (χ3n) is 0.903. The van der Waals surface area contributed by atoms with Crippen molar-refractivity contribution in [3.8, 4) is 5.48 Å². The van der Waals surface area contributed by atoms with Gasteiger partial charge >= 0.3 is 57.1 Å². The summed E-state index contributed by atoms with van der Waals surface area (Å²) in [6.45, 7) is 0. The van der Waals surface area contributed by atoms with Crippen molar-refractivity contribution < 1.29 is 4.65 Å². The summed E-state index contributed by atoms with van der Waals surface area (Å²) in [6.07, 6.45) is 0. The molecule has 0 N–H and O–H groups in total. The van der Waals surface area contributed by atoms with Crippen molar-refractivity contribution in [2.75, 3.05) is 0 Å². The van der Waals surface area contributed by atoms with Gasteiger partial charge in [0.05, 0.1) is 0 Å². The van der Waals surface area contributed by atoms with Crippen LogP contribution < -0.4 is 0 Å². The molecule has 0 aliphatic carbocycles. The van der Waals surface area contributed by atoms with Gasteiger partial charge in [0.2, 0.25) is 0 Å². The van der Waals surface area contributed by atoms with Crippen molar-refractivity contribution in [3.63, 3.8) is 0 Å². The first-order valence-corrected chi connectivity index (χ1v) is 3.34. The van der Waals surface area contributed by atoms with E-state index < -0.39 is 0 Å². The Morgan fingerprint density at radius 3 is 2.44 bits per heavy atom. The van der Waals surface area contributed by atoms with Crippen LogP contribution in [0, 0.1) is 5.48 Å². The minimum absolute atomic E-state index is 0.938. The van der Waals surface area contributed by atoms with E-state index in [9.17, 15) is 4.65 Å². The summed E-state index contributed by atoms with van der Waals surface area (Å²) in [4.78, 5) is 0.938. The summed E-state index contributed by atoms with van der Waals surface area (Å²) < 4.78 is 9.81. The number of rotatable bonds is 1. The third-order valence-corrected chi connectivity index (χ3v) is 1.49. The normalized spacial score (nSPS) is 8.33. The Morgan fingerprint density at radius 2 is 1.89 bits per heavy atom. The van der Waals surface area contributed by atoms with E-state index in [1.807, 2.05) is 30.3 Å². The minimum atomic E-state index is 0.938. The molecule has 0 aromatic heterocycles. The van der Waals surface area contributed by atoms with Gasteiger partial charge < -0.3 is 0 Å². The van der Waals surface area contributed by atoms with Gasteiger partial charge in [-0.25, -0.2) is 0 Å². The maximum atomic E-state index is 9.81. The Labute approximate surface area is 57.8 Å². The van der Waals surface area contributed by atoms with Crippen LogP contribution in [-0.2, 0) is 4.65 Å². The quantitative estimate of drug-likeness (QED) is 0.428. The second-order valence-corrected chi connectivity index (χ2v) is 2.34. The van der Waals surface area contributed by atoms with Gasteiger partial charge in [-0.05, 0) is 0 Å². The van der Waals surface area contributed by atoms with Gasteiger partial charge in [-0.3, -0.25) is 0 Å². The molecule has 0 spiro atoms. The first kappa shape index (κ1) is 6.43. The zero-order chi connectivity index (χ0) is 6.53. The van der Waals surface area contributed by atoms with Crippen LogP contribution in [-0.4, -0.2) is 0 Å². The van der Waals surface area contributed by atoms with Gasteiger partial charge in [0.15, 0.2) is 0 Å². The molecule has 1 aromatic rings. The van der Waals surface area contributed by atoms with Crippen molar-refractivity contribution in [3.05, 3.63) is 30.3 Å². The Hall–Kier alpha value is -0.690. The SMILES string of the molecule is [O+]#CSc1ccccc1. The van der Waals surface area contributed by atoms with Crippen LogP contribution in [0.4, 0.5) is 0 Å². The van der Waals surface area contributed by atoms with E-state index in [4.69, 9.17) is 0 Å². The van der Waals surface area contributed by atoms with Crippen molar-refractivity contribution in [1.29, 1.82) is 0 Å². The van der Waals surface area contributed by atoms with Crippen molar-refractivity contribution in [2.24, 2.45) is 0 Å². The molecule has 0 saturated carbocycles. The summed E-state index contributed by atoms with van der Waals surface area (Å²) in [5, 5.41) is 0. The Bertz CT molecular complexity index is 212. The van der Waals surface area contributed by atoms with E-state index in [0.29, 0.717) is 0 Å². The molecule has 0 aliphatic heterocycles. The number of hydrogen-bond acceptors (Lipinski definition) is 1. The molecule has 0 radical (unpaired) electrons. The third kappa shape index (κ3) is 1.94. The van der Waals surface area contributed by atoms with Crippen molar-refractivity contribution >= 4 is 11.8 Å². The predicted octanol–water partition coefficient (Wildman–Crippen LogP) is 2.13. The van der Waals surface area contributed by atoms with Crippen molar-refractivity contribution in [2.45, 2.75) is 4.90 Å². The molecule has 0 fully saturated rings. The standard InChI is InChI=1S/C7H5OS/c8-6-9-7-4-2-1-3-5-7/h1-5H/q+1. The van der Waals surface area contributed by atoms with Crippen molar-refractivity contribution in [1.82, 2.24) is 0 Å². The molecule has 0 heterocycles. The number of hydrogen-bond donors (Lipinski definition) is 0. The fourth-order valence-corrected chi connectivity index (χ4v) is 0.926. The van der Waals surface area contributed by atoms with E-state index in [-0.39, 0.29) is 0 Å². The van der Waals surface area contributed by atoms with Gasteiger partial charge in [-0.1, -0.05) is 0 Å². The number of thioether (sulfide) groups is 1. The summed E-state index contributed by atoms with van der Waals surface area (Å²) in [7, 11) is 0. The second kappa shape index (κ2) is 3.36. The maximum absolute atomic E-state index is 9.81. The molecule has 0 aliphatic rings. The van der Waals surface area contributed by atoms with Crippen LogP contribution >= 0.6 is 11.8 Å². The van der Waals surface area contributed by atoms with Crippen LogP contribution in [0.2, 0.25) is 0 Å². The average Bonchev–Trinajstić information content (AvgIpc) is 1.91. The van der Waals surface area contributed by atoms with Crippen LogP contribution in [0.1, 0.15) is 0 Å². The van der Waals surface area contributed by atoms with E-state index in [1.54, 1.807) is 5.48 Å². The van der Waals surface area contributed by atoms with Gasteiger partial charge in [-0.2, -0.15) is 0 Å². The van der Waals surface area contributed by atoms with Crippen LogP contribution in [0.5, 0.6) is 0 Å². The molecule has 0 amide bonds. The molecule has 1 nitrogen and oxygen atoms in total. The molecular weight excluding hydrogens is 132 g/mol. The summed E-state index contributed by atoms with van der Waals surface area (Å²) >= 11 is 1.07. The Kier molecular flexibility index (Phi) is 2.40. The summed E-state index contributed by atoms with van der Waals surface area (Å²) in [5.74, 6) is 0. The Morgan fingerprint density at radius 1 is 1.22 bits per heavy atom. The molecule has 1 aromatic carbocycles. The topological polar surface area (TPSA) is 19.9 Å². The van der Waals surface area contributed by atoms with Crippen LogP contribution in [0.15, 0.2) is 35.2 Å².